The second-order valence-corrected chi connectivity index (χ2v) is 6.70. The van der Waals surface area contributed by atoms with Gasteiger partial charge in [-0.3, -0.25) is 4.79 Å². The first kappa shape index (κ1) is 15.8. The molecule has 20 heavy (non-hydrogen) atoms. The van der Waals surface area contributed by atoms with Crippen molar-refractivity contribution in [3.8, 4) is 0 Å². The summed E-state index contributed by atoms with van der Waals surface area (Å²) >= 11 is 0. The van der Waals surface area contributed by atoms with Gasteiger partial charge < -0.3 is 4.74 Å². The number of alkyl halides is 1. The highest BCUT2D eigenvalue weighted by Gasteiger charge is 2.35. The lowest BCUT2D eigenvalue weighted by Gasteiger charge is -2.33. The van der Waals surface area contributed by atoms with Crippen molar-refractivity contribution in [2.75, 3.05) is 0 Å². The van der Waals surface area contributed by atoms with Crippen LogP contribution in [0.2, 0.25) is 0 Å². The highest BCUT2D eigenvalue weighted by Crippen LogP contribution is 2.34. The summed E-state index contributed by atoms with van der Waals surface area (Å²) in [4.78, 5) is 12.2. The minimum absolute atomic E-state index is 0.0221. The molecule has 2 nitrogen and oxygen atoms in total. The smallest absolute Gasteiger partial charge is 0.309 e. The van der Waals surface area contributed by atoms with Crippen molar-refractivity contribution in [3.05, 3.63) is 0 Å². The Morgan fingerprint density at radius 3 is 2.15 bits per heavy atom. The molecule has 3 heteroatoms. The van der Waals surface area contributed by atoms with Crippen LogP contribution in [0.4, 0.5) is 4.39 Å². The van der Waals surface area contributed by atoms with Gasteiger partial charge in [0.05, 0.1) is 5.92 Å². The van der Waals surface area contributed by atoms with Crippen LogP contribution in [-0.4, -0.2) is 18.2 Å². The fraction of sp³-hybridized carbons (Fsp3) is 0.941. The molecule has 0 amide bonds. The van der Waals surface area contributed by atoms with Gasteiger partial charge in [-0.1, -0.05) is 26.7 Å². The number of esters is 1. The third-order valence-electron chi connectivity index (χ3n) is 5.42. The van der Waals surface area contributed by atoms with Gasteiger partial charge in [-0.15, -0.1) is 0 Å². The van der Waals surface area contributed by atoms with E-state index >= 15 is 0 Å². The maximum absolute atomic E-state index is 14.1. The first-order valence-corrected chi connectivity index (χ1v) is 8.48. The molecule has 2 fully saturated rings. The predicted octanol–water partition coefficient (Wildman–Crippen LogP) is 4.66. The molecule has 2 aliphatic carbocycles. The molecule has 0 heterocycles. The van der Waals surface area contributed by atoms with Crippen molar-refractivity contribution in [3.63, 3.8) is 0 Å². The van der Waals surface area contributed by atoms with Crippen LogP contribution in [-0.2, 0) is 9.53 Å². The first-order chi connectivity index (χ1) is 9.63. The van der Waals surface area contributed by atoms with Crippen LogP contribution in [0.25, 0.3) is 0 Å². The Balaban J connectivity index is 1.77. The van der Waals surface area contributed by atoms with Crippen LogP contribution in [0.1, 0.15) is 71.6 Å². The monoisotopic (exact) mass is 284 g/mol. The zero-order chi connectivity index (χ0) is 14.5. The summed E-state index contributed by atoms with van der Waals surface area (Å²) in [5.74, 6) is 1.13. The van der Waals surface area contributed by atoms with Crippen LogP contribution in [0.15, 0.2) is 0 Å². The molecule has 3 unspecified atom stereocenters. The third-order valence-corrected chi connectivity index (χ3v) is 5.42. The lowest BCUT2D eigenvalue weighted by atomic mass is 9.80. The van der Waals surface area contributed by atoms with E-state index in [1.165, 1.54) is 6.42 Å². The van der Waals surface area contributed by atoms with E-state index in [2.05, 4.69) is 13.8 Å². The normalized spacial score (nSPS) is 38.5. The lowest BCUT2D eigenvalue weighted by molar-refractivity contribution is -0.161. The Hall–Kier alpha value is -0.600. The molecule has 116 valence electrons. The number of ether oxygens (including phenoxy) is 1. The fourth-order valence-corrected chi connectivity index (χ4v) is 3.72. The van der Waals surface area contributed by atoms with Crippen molar-refractivity contribution in [1.29, 1.82) is 0 Å². The van der Waals surface area contributed by atoms with Gasteiger partial charge in [0.1, 0.15) is 12.3 Å². The van der Waals surface area contributed by atoms with Gasteiger partial charge in [0.25, 0.3) is 0 Å². The largest absolute Gasteiger partial charge is 0.459 e. The van der Waals surface area contributed by atoms with Gasteiger partial charge >= 0.3 is 5.97 Å². The maximum Gasteiger partial charge on any atom is 0.309 e. The molecule has 0 N–H and O–H groups in total. The predicted molar refractivity (Wildman–Crippen MR) is 78.1 cm³/mol. The summed E-state index contributed by atoms with van der Waals surface area (Å²) in [6.07, 6.45) is 7.17. The van der Waals surface area contributed by atoms with Crippen LogP contribution in [0, 0.1) is 17.8 Å². The summed E-state index contributed by atoms with van der Waals surface area (Å²) in [6, 6.07) is 0. The number of hydrogen-bond donors (Lipinski definition) is 0. The quantitative estimate of drug-likeness (QED) is 0.702. The molecule has 2 saturated carbocycles. The summed E-state index contributed by atoms with van der Waals surface area (Å²) in [5, 5.41) is 0. The summed E-state index contributed by atoms with van der Waals surface area (Å²) in [7, 11) is 0. The van der Waals surface area contributed by atoms with E-state index in [0.717, 1.165) is 44.4 Å². The summed E-state index contributed by atoms with van der Waals surface area (Å²) in [5.41, 5.74) is 0. The van der Waals surface area contributed by atoms with E-state index in [9.17, 15) is 9.18 Å². The minimum Gasteiger partial charge on any atom is -0.459 e. The Bertz CT molecular complexity index is 310. The van der Waals surface area contributed by atoms with Crippen LogP contribution < -0.4 is 0 Å². The fourth-order valence-electron chi connectivity index (χ4n) is 3.72. The topological polar surface area (TPSA) is 26.3 Å². The standard InChI is InChI=1S/C17H29FO2/c1-3-12-5-8-14(9-6-12)17(19)20-16-10-7-13(4-2)11-15(16)18/h12-16H,3-11H2,1-2H3. The van der Waals surface area contributed by atoms with Gasteiger partial charge in [0.2, 0.25) is 0 Å². The molecule has 2 rings (SSSR count). The van der Waals surface area contributed by atoms with Gasteiger partial charge in [0.15, 0.2) is 0 Å². The van der Waals surface area contributed by atoms with Crippen molar-refractivity contribution in [1.82, 2.24) is 0 Å². The molecular formula is C17H29FO2. The molecule has 0 aliphatic heterocycles. The van der Waals surface area contributed by atoms with Crippen molar-refractivity contribution in [2.45, 2.75) is 83.9 Å². The Kier molecular flexibility index (Phi) is 5.86. The summed E-state index contributed by atoms with van der Waals surface area (Å²) in [6.45, 7) is 4.32. The van der Waals surface area contributed by atoms with E-state index < -0.39 is 12.3 Å². The van der Waals surface area contributed by atoms with Crippen LogP contribution >= 0.6 is 0 Å². The van der Waals surface area contributed by atoms with Gasteiger partial charge in [-0.25, -0.2) is 4.39 Å². The number of carbonyl (C=O) groups excluding carboxylic acids is 1. The highest BCUT2D eigenvalue weighted by atomic mass is 19.1. The lowest BCUT2D eigenvalue weighted by Crippen LogP contribution is -2.37. The number of carbonyl (C=O) groups is 1. The van der Waals surface area contributed by atoms with E-state index in [1.807, 2.05) is 0 Å². The van der Waals surface area contributed by atoms with Crippen molar-refractivity contribution < 1.29 is 13.9 Å². The van der Waals surface area contributed by atoms with Gasteiger partial charge in [0, 0.05) is 0 Å². The number of rotatable bonds is 4. The molecule has 0 aromatic heterocycles. The van der Waals surface area contributed by atoms with Crippen LogP contribution in [0.3, 0.4) is 0 Å². The maximum atomic E-state index is 14.1. The second kappa shape index (κ2) is 7.42. The van der Waals surface area contributed by atoms with Gasteiger partial charge in [-0.2, -0.15) is 0 Å². The number of halogens is 1. The summed E-state index contributed by atoms with van der Waals surface area (Å²) < 4.78 is 19.5. The molecule has 0 spiro atoms. The Morgan fingerprint density at radius 2 is 1.60 bits per heavy atom. The average molecular weight is 284 g/mol. The number of hydrogen-bond acceptors (Lipinski definition) is 2. The van der Waals surface area contributed by atoms with Crippen molar-refractivity contribution in [2.24, 2.45) is 17.8 Å². The van der Waals surface area contributed by atoms with E-state index in [-0.39, 0.29) is 11.9 Å². The van der Waals surface area contributed by atoms with Crippen molar-refractivity contribution >= 4 is 5.97 Å². The van der Waals surface area contributed by atoms with E-state index in [4.69, 9.17) is 4.74 Å². The van der Waals surface area contributed by atoms with E-state index in [1.54, 1.807) is 0 Å². The zero-order valence-electron chi connectivity index (χ0n) is 12.9. The molecule has 0 saturated heterocycles. The third kappa shape index (κ3) is 3.95. The molecule has 3 atom stereocenters. The zero-order valence-corrected chi connectivity index (χ0v) is 12.9. The molecule has 0 radical (unpaired) electrons. The van der Waals surface area contributed by atoms with Gasteiger partial charge in [-0.05, 0) is 56.8 Å². The SMILES string of the molecule is CCC1CCC(C(=O)OC2CCC(CC)CC2F)CC1. The van der Waals surface area contributed by atoms with E-state index in [0.29, 0.717) is 18.8 Å². The molecule has 0 aromatic carbocycles. The highest BCUT2D eigenvalue weighted by molar-refractivity contribution is 5.72. The molecule has 2 aliphatic rings. The average Bonchev–Trinajstić information content (AvgIpc) is 2.49. The molecule has 0 aromatic rings. The molecular weight excluding hydrogens is 255 g/mol. The molecule has 0 bridgehead atoms. The van der Waals surface area contributed by atoms with Crippen LogP contribution in [0.5, 0.6) is 0 Å². The Labute approximate surface area is 122 Å². The first-order valence-electron chi connectivity index (χ1n) is 8.48. The second-order valence-electron chi connectivity index (χ2n) is 6.70. The minimum atomic E-state index is -0.954. The Morgan fingerprint density at radius 1 is 1.00 bits per heavy atom.